The predicted molar refractivity (Wildman–Crippen MR) is 25.0 cm³/mol. The maximum absolute atomic E-state index is 4.33. The second kappa shape index (κ2) is 2.94. The van der Waals surface area contributed by atoms with Gasteiger partial charge in [-0.15, -0.1) is 0 Å². The molecule has 6 heavy (non-hydrogen) atoms. The third-order valence-corrected chi connectivity index (χ3v) is 0.347. The Labute approximate surface area is 46.0 Å². The Morgan fingerprint density at radius 2 is 2.33 bits per heavy atom. The molecule has 1 heterocycles. The summed E-state index contributed by atoms with van der Waals surface area (Å²) in [7, 11) is 0. The Hall–Kier alpha value is -0.271. The average molecular weight is 150 g/mol. The minimum atomic E-state index is 0. The summed E-state index contributed by atoms with van der Waals surface area (Å²) in [6.45, 7) is 0. The van der Waals surface area contributed by atoms with Gasteiger partial charge in [-0.2, -0.15) is 0 Å². The predicted octanol–water partition coefficient (Wildman–Crippen LogP) is -0.242. The first-order valence-corrected chi connectivity index (χ1v) is 1.34. The molecule has 0 bridgehead atoms. The molecule has 0 fully saturated rings. The molecular weight excluding hydrogens is 145 g/mol. The summed E-state index contributed by atoms with van der Waals surface area (Å²) >= 11 is 0. The molecule has 0 aliphatic rings. The molecular formula is C3H5NOSe. The van der Waals surface area contributed by atoms with Crippen LogP contribution in [0.2, 0.25) is 0 Å². The summed E-state index contributed by atoms with van der Waals surface area (Å²) in [6, 6.07) is 1.72. The third-order valence-electron chi connectivity index (χ3n) is 0.347. The Kier molecular flexibility index (Phi) is 2.81. The second-order valence-electron chi connectivity index (χ2n) is 0.688. The number of nitrogens with zero attached hydrogens (tertiary/aromatic N) is 1. The van der Waals surface area contributed by atoms with E-state index < -0.39 is 0 Å². The van der Waals surface area contributed by atoms with Crippen LogP contribution in [0.25, 0.3) is 0 Å². The molecule has 3 heteroatoms. The molecule has 0 amide bonds. The molecule has 0 saturated heterocycles. The quantitative estimate of drug-likeness (QED) is 0.477. The Morgan fingerprint density at radius 1 is 1.50 bits per heavy atom. The summed E-state index contributed by atoms with van der Waals surface area (Å²) in [5, 5.41) is 3.35. The van der Waals surface area contributed by atoms with E-state index in [1.165, 1.54) is 6.26 Å². The molecule has 1 aromatic rings. The van der Waals surface area contributed by atoms with Crippen molar-refractivity contribution in [1.82, 2.24) is 5.16 Å². The molecule has 0 radical (unpaired) electrons. The van der Waals surface area contributed by atoms with E-state index in [1.807, 2.05) is 0 Å². The maximum Gasteiger partial charge on any atom is 0.123 e. The van der Waals surface area contributed by atoms with Crippen molar-refractivity contribution >= 4 is 17.1 Å². The fourth-order valence-electron chi connectivity index (χ4n) is 0.176. The van der Waals surface area contributed by atoms with Gasteiger partial charge in [-0.25, -0.2) is 0 Å². The smallest absolute Gasteiger partial charge is 0.123 e. The average Bonchev–Trinajstić information content (AvgIpc) is 1.76. The van der Waals surface area contributed by atoms with Crippen molar-refractivity contribution in [2.24, 2.45) is 0 Å². The van der Waals surface area contributed by atoms with E-state index >= 15 is 0 Å². The topological polar surface area (TPSA) is 26.0 Å². The molecule has 0 spiro atoms. The number of hydrogen-bond donors (Lipinski definition) is 0. The van der Waals surface area contributed by atoms with Gasteiger partial charge in [0.15, 0.2) is 0 Å². The Morgan fingerprint density at radius 3 is 2.50 bits per heavy atom. The van der Waals surface area contributed by atoms with Crippen LogP contribution >= 0.6 is 0 Å². The molecule has 1 rings (SSSR count). The normalized spacial score (nSPS) is 6.67. The van der Waals surface area contributed by atoms with Crippen LogP contribution in [0.5, 0.6) is 0 Å². The number of rotatable bonds is 0. The van der Waals surface area contributed by atoms with Gasteiger partial charge in [-0.05, 0) is 6.07 Å². The molecule has 1 aromatic heterocycles. The van der Waals surface area contributed by atoms with Gasteiger partial charge in [0.25, 0.3) is 0 Å². The van der Waals surface area contributed by atoms with Gasteiger partial charge < -0.3 is 4.52 Å². The molecule has 0 saturated carbocycles. The Balaban J connectivity index is 0.000000250. The molecule has 0 N–H and O–H groups in total. The van der Waals surface area contributed by atoms with Crippen molar-refractivity contribution in [3.63, 3.8) is 0 Å². The van der Waals surface area contributed by atoms with Crippen molar-refractivity contribution in [1.29, 1.82) is 0 Å². The molecule has 0 aliphatic heterocycles. The SMILES string of the molecule is [SeH2].c1cnoc1. The van der Waals surface area contributed by atoms with E-state index in [0.29, 0.717) is 0 Å². The van der Waals surface area contributed by atoms with E-state index in [-0.39, 0.29) is 17.1 Å². The zero-order chi connectivity index (χ0) is 3.54. The number of aromatic nitrogens is 1. The van der Waals surface area contributed by atoms with Crippen LogP contribution in [0.4, 0.5) is 0 Å². The van der Waals surface area contributed by atoms with E-state index in [4.69, 9.17) is 0 Å². The molecule has 0 atom stereocenters. The molecule has 0 aliphatic carbocycles. The molecule has 0 aromatic carbocycles. The zero-order valence-corrected chi connectivity index (χ0v) is 5.19. The van der Waals surface area contributed by atoms with Crippen molar-refractivity contribution in [2.45, 2.75) is 0 Å². The summed E-state index contributed by atoms with van der Waals surface area (Å²) in [5.74, 6) is 0. The van der Waals surface area contributed by atoms with Crippen LogP contribution in [0.1, 0.15) is 0 Å². The fourth-order valence-corrected chi connectivity index (χ4v) is 0.176. The van der Waals surface area contributed by atoms with Gasteiger partial charge in [0, 0.05) is 0 Å². The van der Waals surface area contributed by atoms with Gasteiger partial charge in [-0.1, -0.05) is 5.16 Å². The largest absolute Gasteiger partial charge is 0.365 e. The monoisotopic (exact) mass is 151 g/mol. The van der Waals surface area contributed by atoms with Gasteiger partial charge in [0.2, 0.25) is 0 Å². The first-order valence-electron chi connectivity index (χ1n) is 1.34. The maximum atomic E-state index is 4.33. The summed E-state index contributed by atoms with van der Waals surface area (Å²) < 4.78 is 4.33. The zero-order valence-electron chi connectivity index (χ0n) is 3.09. The van der Waals surface area contributed by atoms with Crippen molar-refractivity contribution in [3.05, 3.63) is 18.5 Å². The van der Waals surface area contributed by atoms with Crippen molar-refractivity contribution < 1.29 is 4.52 Å². The molecule has 34 valence electrons. The van der Waals surface area contributed by atoms with E-state index in [2.05, 4.69) is 9.68 Å². The Bertz CT molecular complexity index is 67.3. The van der Waals surface area contributed by atoms with Crippen LogP contribution in [0.15, 0.2) is 23.0 Å². The van der Waals surface area contributed by atoms with Crippen LogP contribution in [0.3, 0.4) is 0 Å². The van der Waals surface area contributed by atoms with Gasteiger partial charge in [0.05, 0.1) is 6.20 Å². The van der Waals surface area contributed by atoms with E-state index in [0.717, 1.165) is 0 Å². The molecule has 0 unspecified atom stereocenters. The minimum absolute atomic E-state index is 0. The summed E-state index contributed by atoms with van der Waals surface area (Å²) in [4.78, 5) is 0. The molecule has 2 nitrogen and oxygen atoms in total. The second-order valence-corrected chi connectivity index (χ2v) is 0.688. The standard InChI is InChI=1S/C3H3NO.H2Se/c1-2-4-5-3-1;/h1-3H;1H2. The minimum Gasteiger partial charge on any atom is -0.365 e. The van der Waals surface area contributed by atoms with Crippen LogP contribution in [-0.4, -0.2) is 22.2 Å². The van der Waals surface area contributed by atoms with Crippen LogP contribution in [-0.2, 0) is 0 Å². The fraction of sp³-hybridized carbons (Fsp3) is 0. The summed E-state index contributed by atoms with van der Waals surface area (Å²) in [6.07, 6.45) is 3.10. The summed E-state index contributed by atoms with van der Waals surface area (Å²) in [5.41, 5.74) is 0. The first-order chi connectivity index (χ1) is 2.50. The van der Waals surface area contributed by atoms with Crippen molar-refractivity contribution in [2.75, 3.05) is 0 Å². The van der Waals surface area contributed by atoms with Crippen LogP contribution in [0, 0.1) is 0 Å². The van der Waals surface area contributed by atoms with Gasteiger partial charge >= 0.3 is 17.1 Å². The first kappa shape index (κ1) is 5.73. The van der Waals surface area contributed by atoms with Gasteiger partial charge in [0.1, 0.15) is 6.26 Å². The van der Waals surface area contributed by atoms with Crippen LogP contribution < -0.4 is 0 Å². The van der Waals surface area contributed by atoms with E-state index in [9.17, 15) is 0 Å². The van der Waals surface area contributed by atoms with Crippen molar-refractivity contribution in [3.8, 4) is 0 Å². The van der Waals surface area contributed by atoms with E-state index in [1.54, 1.807) is 12.3 Å². The third kappa shape index (κ3) is 1.24. The van der Waals surface area contributed by atoms with Gasteiger partial charge in [-0.3, -0.25) is 0 Å². The number of hydrogen-bond acceptors (Lipinski definition) is 2.